The van der Waals surface area contributed by atoms with Crippen LogP contribution in [0.1, 0.15) is 5.69 Å². The highest BCUT2D eigenvalue weighted by Crippen LogP contribution is 2.19. The minimum absolute atomic E-state index is 0.134. The molecule has 0 atom stereocenters. The van der Waals surface area contributed by atoms with Crippen LogP contribution >= 0.6 is 15.9 Å². The Morgan fingerprint density at radius 2 is 1.80 bits per heavy atom. The third-order valence-corrected chi connectivity index (χ3v) is 4.22. The number of rotatable bonds is 4. The molecule has 0 aliphatic carbocycles. The number of anilines is 1. The van der Waals surface area contributed by atoms with E-state index in [1.165, 1.54) is 10.7 Å². The number of benzene rings is 2. The highest BCUT2D eigenvalue weighted by molar-refractivity contribution is 9.10. The van der Waals surface area contributed by atoms with Crippen LogP contribution in [0, 0.1) is 6.92 Å². The molecule has 126 valence electrons. The molecule has 1 N–H and O–H groups in total. The van der Waals surface area contributed by atoms with Crippen molar-refractivity contribution in [3.63, 3.8) is 0 Å². The van der Waals surface area contributed by atoms with E-state index in [0.29, 0.717) is 11.4 Å². The molecular weight excluding hydrogens is 382 g/mol. The second kappa shape index (κ2) is 7.44. The number of hydrogen-bond acceptors (Lipinski definition) is 3. The Hall–Kier alpha value is -2.73. The minimum Gasteiger partial charge on any atom is -0.324 e. The highest BCUT2D eigenvalue weighted by Gasteiger charge is 2.10. The molecular formula is C19H16BrN3O2. The van der Waals surface area contributed by atoms with E-state index in [9.17, 15) is 9.59 Å². The van der Waals surface area contributed by atoms with E-state index >= 15 is 0 Å². The maximum atomic E-state index is 12.3. The summed E-state index contributed by atoms with van der Waals surface area (Å²) < 4.78 is 2.10. The highest BCUT2D eigenvalue weighted by atomic mass is 79.9. The average Bonchev–Trinajstić information content (AvgIpc) is 2.60. The van der Waals surface area contributed by atoms with Crippen molar-refractivity contribution in [1.82, 2.24) is 9.78 Å². The zero-order valence-corrected chi connectivity index (χ0v) is 15.2. The maximum absolute atomic E-state index is 12.3. The van der Waals surface area contributed by atoms with E-state index in [0.717, 1.165) is 15.6 Å². The molecule has 3 rings (SSSR count). The van der Waals surface area contributed by atoms with E-state index in [1.54, 1.807) is 12.1 Å². The monoisotopic (exact) mass is 397 g/mol. The van der Waals surface area contributed by atoms with Gasteiger partial charge >= 0.3 is 0 Å². The number of amides is 1. The van der Waals surface area contributed by atoms with E-state index in [4.69, 9.17) is 0 Å². The summed E-state index contributed by atoms with van der Waals surface area (Å²) in [5, 5.41) is 7.03. The van der Waals surface area contributed by atoms with Gasteiger partial charge in [-0.2, -0.15) is 5.10 Å². The van der Waals surface area contributed by atoms with Crippen molar-refractivity contribution < 1.29 is 4.79 Å². The van der Waals surface area contributed by atoms with E-state index < -0.39 is 0 Å². The van der Waals surface area contributed by atoms with Crippen LogP contribution in [0.25, 0.3) is 11.1 Å². The van der Waals surface area contributed by atoms with Gasteiger partial charge < -0.3 is 5.32 Å². The lowest BCUT2D eigenvalue weighted by molar-refractivity contribution is -0.117. The molecule has 3 aromatic rings. The summed E-state index contributed by atoms with van der Waals surface area (Å²) in [6.07, 6.45) is 0. The summed E-state index contributed by atoms with van der Waals surface area (Å²) in [6, 6.07) is 18.3. The Kier molecular flexibility index (Phi) is 5.09. The van der Waals surface area contributed by atoms with Crippen LogP contribution in [-0.2, 0) is 11.3 Å². The van der Waals surface area contributed by atoms with Crippen LogP contribution < -0.4 is 10.9 Å². The second-order valence-electron chi connectivity index (χ2n) is 5.56. The van der Waals surface area contributed by atoms with Crippen molar-refractivity contribution in [3.8, 4) is 11.1 Å². The lowest BCUT2D eigenvalue weighted by Crippen LogP contribution is -2.30. The lowest BCUT2D eigenvalue weighted by atomic mass is 10.1. The molecule has 0 fully saturated rings. The maximum Gasteiger partial charge on any atom is 0.267 e. The second-order valence-corrected chi connectivity index (χ2v) is 6.48. The average molecular weight is 398 g/mol. The molecule has 0 saturated carbocycles. The molecule has 1 amide bonds. The quantitative estimate of drug-likeness (QED) is 0.730. The smallest absolute Gasteiger partial charge is 0.267 e. The Labute approximate surface area is 153 Å². The fourth-order valence-electron chi connectivity index (χ4n) is 2.48. The molecule has 5 nitrogen and oxygen atoms in total. The Balaban J connectivity index is 1.79. The van der Waals surface area contributed by atoms with Crippen molar-refractivity contribution in [2.24, 2.45) is 0 Å². The Bertz CT molecular complexity index is 951. The van der Waals surface area contributed by atoms with Gasteiger partial charge in [-0.1, -0.05) is 46.3 Å². The van der Waals surface area contributed by atoms with Crippen molar-refractivity contribution in [2.45, 2.75) is 13.5 Å². The fraction of sp³-hybridized carbons (Fsp3) is 0.105. The third kappa shape index (κ3) is 4.22. The van der Waals surface area contributed by atoms with Gasteiger partial charge in [0.2, 0.25) is 5.91 Å². The number of aromatic nitrogens is 2. The first-order valence-corrected chi connectivity index (χ1v) is 8.52. The van der Waals surface area contributed by atoms with Crippen molar-refractivity contribution in [1.29, 1.82) is 0 Å². The summed E-state index contributed by atoms with van der Waals surface area (Å²) in [4.78, 5) is 24.5. The number of carbonyl (C=O) groups excluding carboxylic acids is 1. The lowest BCUT2D eigenvalue weighted by Gasteiger charge is -2.10. The van der Waals surface area contributed by atoms with Crippen LogP contribution in [0.15, 0.2) is 69.9 Å². The van der Waals surface area contributed by atoms with Gasteiger partial charge in [0, 0.05) is 21.8 Å². The van der Waals surface area contributed by atoms with Crippen LogP contribution in [0.4, 0.5) is 5.69 Å². The van der Waals surface area contributed by atoms with Gasteiger partial charge in [-0.05, 0) is 36.8 Å². The first kappa shape index (κ1) is 17.1. The number of halogens is 1. The molecule has 0 bridgehead atoms. The Morgan fingerprint density at radius 1 is 1.12 bits per heavy atom. The van der Waals surface area contributed by atoms with Crippen LogP contribution in [0.2, 0.25) is 0 Å². The molecule has 0 aliphatic heterocycles. The molecule has 6 heteroatoms. The van der Waals surface area contributed by atoms with Gasteiger partial charge in [-0.3, -0.25) is 9.59 Å². The van der Waals surface area contributed by atoms with E-state index in [1.807, 2.05) is 49.4 Å². The summed E-state index contributed by atoms with van der Waals surface area (Å²) >= 11 is 3.34. The molecule has 25 heavy (non-hydrogen) atoms. The van der Waals surface area contributed by atoms with Crippen LogP contribution in [0.3, 0.4) is 0 Å². The molecule has 0 spiro atoms. The van der Waals surface area contributed by atoms with Crippen LogP contribution in [-0.4, -0.2) is 15.7 Å². The first-order chi connectivity index (χ1) is 12.0. The molecule has 0 aliphatic rings. The van der Waals surface area contributed by atoms with E-state index in [2.05, 4.69) is 26.3 Å². The first-order valence-electron chi connectivity index (χ1n) is 7.72. The molecule has 0 radical (unpaired) electrons. The third-order valence-electron chi connectivity index (χ3n) is 3.69. The molecule has 0 unspecified atom stereocenters. The number of hydrogen-bond donors (Lipinski definition) is 1. The largest absolute Gasteiger partial charge is 0.324 e. The van der Waals surface area contributed by atoms with Crippen molar-refractivity contribution >= 4 is 27.5 Å². The molecule has 0 saturated heterocycles. The summed E-state index contributed by atoms with van der Waals surface area (Å²) in [7, 11) is 0. The number of nitrogens with one attached hydrogen (secondary N) is 1. The number of aryl methyl sites for hydroxylation is 1. The zero-order valence-electron chi connectivity index (χ0n) is 13.6. The zero-order chi connectivity index (χ0) is 17.8. The van der Waals surface area contributed by atoms with Crippen molar-refractivity contribution in [2.75, 3.05) is 5.32 Å². The Morgan fingerprint density at radius 3 is 2.48 bits per heavy atom. The van der Waals surface area contributed by atoms with Gasteiger partial charge in [0.1, 0.15) is 6.54 Å². The summed E-state index contributed by atoms with van der Waals surface area (Å²) in [6.45, 7) is 1.69. The predicted molar refractivity (Wildman–Crippen MR) is 101 cm³/mol. The van der Waals surface area contributed by atoms with Gasteiger partial charge in [-0.25, -0.2) is 4.68 Å². The predicted octanol–water partition coefficient (Wildman–Crippen LogP) is 3.62. The van der Waals surface area contributed by atoms with E-state index in [-0.39, 0.29) is 18.0 Å². The van der Waals surface area contributed by atoms with Crippen molar-refractivity contribution in [3.05, 3.63) is 81.2 Å². The molecule has 2 aromatic carbocycles. The van der Waals surface area contributed by atoms with Gasteiger partial charge in [0.25, 0.3) is 5.56 Å². The number of nitrogens with zero attached hydrogens (tertiary/aromatic N) is 2. The molecule has 1 heterocycles. The molecule has 1 aromatic heterocycles. The van der Waals surface area contributed by atoms with Gasteiger partial charge in [-0.15, -0.1) is 0 Å². The SMILES string of the molecule is Cc1nn(CC(=O)Nc2ccc(Br)cc2)c(=O)cc1-c1ccccc1. The van der Waals surface area contributed by atoms with Gasteiger partial charge in [0.05, 0.1) is 5.69 Å². The standard InChI is InChI=1S/C19H16BrN3O2/c1-13-17(14-5-3-2-4-6-14)11-19(25)23(22-13)12-18(24)21-16-9-7-15(20)8-10-16/h2-11H,12H2,1H3,(H,21,24). The summed E-state index contributed by atoms with van der Waals surface area (Å²) in [5.74, 6) is -0.302. The topological polar surface area (TPSA) is 64.0 Å². The fourth-order valence-corrected chi connectivity index (χ4v) is 2.74. The van der Waals surface area contributed by atoms with Crippen LogP contribution in [0.5, 0.6) is 0 Å². The number of carbonyl (C=O) groups is 1. The minimum atomic E-state index is -0.310. The normalized spacial score (nSPS) is 10.5. The van der Waals surface area contributed by atoms with Gasteiger partial charge in [0.15, 0.2) is 0 Å². The summed E-state index contributed by atoms with van der Waals surface area (Å²) in [5.41, 5.74) is 2.75.